The summed E-state index contributed by atoms with van der Waals surface area (Å²) in [5.74, 6) is -0.743. The van der Waals surface area contributed by atoms with Crippen LogP contribution in [0.2, 0.25) is 5.02 Å². The molecule has 1 fully saturated rings. The van der Waals surface area contributed by atoms with Crippen molar-refractivity contribution in [2.45, 2.75) is 6.92 Å². The first-order chi connectivity index (χ1) is 11.0. The van der Waals surface area contributed by atoms with Crippen molar-refractivity contribution in [1.82, 2.24) is 0 Å². The van der Waals surface area contributed by atoms with Gasteiger partial charge in [0.15, 0.2) is 4.32 Å². The van der Waals surface area contributed by atoms with Crippen LogP contribution < -0.4 is 4.90 Å². The SMILES string of the molecule is Cc1ccccc1N1C(=O)C(=Cc2c(F)cccc2Cl)SC1=S. The Kier molecular flexibility index (Phi) is 4.53. The van der Waals surface area contributed by atoms with Gasteiger partial charge in [0.1, 0.15) is 5.82 Å². The van der Waals surface area contributed by atoms with Crippen molar-refractivity contribution in [3.05, 3.63) is 69.3 Å². The second-order valence-corrected chi connectivity index (χ2v) is 7.02. The minimum atomic E-state index is -0.473. The van der Waals surface area contributed by atoms with Gasteiger partial charge in [-0.2, -0.15) is 0 Å². The van der Waals surface area contributed by atoms with Gasteiger partial charge in [-0.05, 0) is 36.8 Å². The van der Waals surface area contributed by atoms with Crippen LogP contribution in [0.25, 0.3) is 6.08 Å². The number of carbonyl (C=O) groups excluding carboxylic acids is 1. The summed E-state index contributed by atoms with van der Waals surface area (Å²) in [5, 5.41) is 0.256. The quantitative estimate of drug-likeness (QED) is 0.540. The molecule has 0 saturated carbocycles. The average Bonchev–Trinajstić information content (AvgIpc) is 2.78. The molecular weight excluding hydrogens is 353 g/mol. The molecule has 1 heterocycles. The molecule has 2 nitrogen and oxygen atoms in total. The van der Waals surface area contributed by atoms with E-state index in [-0.39, 0.29) is 16.5 Å². The molecule has 0 unspecified atom stereocenters. The summed E-state index contributed by atoms with van der Waals surface area (Å²) in [7, 11) is 0. The van der Waals surface area contributed by atoms with Gasteiger partial charge in [0, 0.05) is 5.56 Å². The fourth-order valence-electron chi connectivity index (χ4n) is 2.27. The van der Waals surface area contributed by atoms with Crippen molar-refractivity contribution >= 4 is 57.6 Å². The van der Waals surface area contributed by atoms with E-state index in [1.807, 2.05) is 31.2 Å². The number of para-hydroxylation sites is 1. The third kappa shape index (κ3) is 3.04. The minimum Gasteiger partial charge on any atom is -0.268 e. The molecule has 0 spiro atoms. The lowest BCUT2D eigenvalue weighted by atomic mass is 10.1. The maximum absolute atomic E-state index is 13.9. The number of amides is 1. The molecule has 6 heteroatoms. The Morgan fingerprint density at radius 1 is 1.22 bits per heavy atom. The summed E-state index contributed by atoms with van der Waals surface area (Å²) in [6, 6.07) is 11.9. The first-order valence-electron chi connectivity index (χ1n) is 6.76. The van der Waals surface area contributed by atoms with Crippen LogP contribution >= 0.6 is 35.6 Å². The summed E-state index contributed by atoms with van der Waals surface area (Å²) in [6.45, 7) is 1.91. The molecule has 0 aliphatic carbocycles. The van der Waals surface area contributed by atoms with Crippen molar-refractivity contribution in [2.75, 3.05) is 4.90 Å². The highest BCUT2D eigenvalue weighted by Gasteiger charge is 2.34. The lowest BCUT2D eigenvalue weighted by Gasteiger charge is -2.16. The van der Waals surface area contributed by atoms with E-state index in [0.717, 1.165) is 23.0 Å². The molecule has 0 N–H and O–H groups in total. The van der Waals surface area contributed by atoms with Gasteiger partial charge in [-0.1, -0.05) is 59.8 Å². The van der Waals surface area contributed by atoms with E-state index in [4.69, 9.17) is 23.8 Å². The maximum atomic E-state index is 13.9. The molecule has 0 atom stereocenters. The Hall–Kier alpha value is -1.69. The monoisotopic (exact) mass is 363 g/mol. The van der Waals surface area contributed by atoms with Crippen molar-refractivity contribution in [3.63, 3.8) is 0 Å². The average molecular weight is 364 g/mol. The Balaban J connectivity index is 2.02. The normalized spacial score (nSPS) is 16.5. The van der Waals surface area contributed by atoms with Crippen molar-refractivity contribution in [2.24, 2.45) is 0 Å². The number of carbonyl (C=O) groups is 1. The summed E-state index contributed by atoms with van der Waals surface area (Å²) >= 11 is 12.5. The molecule has 23 heavy (non-hydrogen) atoms. The second kappa shape index (κ2) is 6.43. The number of thioether (sulfide) groups is 1. The van der Waals surface area contributed by atoms with Crippen LogP contribution in [-0.4, -0.2) is 10.2 Å². The highest BCUT2D eigenvalue weighted by atomic mass is 35.5. The predicted molar refractivity (Wildman–Crippen MR) is 98.2 cm³/mol. The highest BCUT2D eigenvalue weighted by molar-refractivity contribution is 8.27. The molecule has 1 saturated heterocycles. The largest absolute Gasteiger partial charge is 0.270 e. The van der Waals surface area contributed by atoms with Crippen LogP contribution in [0.3, 0.4) is 0 Å². The lowest BCUT2D eigenvalue weighted by Crippen LogP contribution is -2.28. The fraction of sp³-hybridized carbons (Fsp3) is 0.0588. The maximum Gasteiger partial charge on any atom is 0.270 e. The summed E-state index contributed by atoms with van der Waals surface area (Å²) in [5.41, 5.74) is 1.87. The van der Waals surface area contributed by atoms with Crippen LogP contribution in [0.1, 0.15) is 11.1 Å². The van der Waals surface area contributed by atoms with Gasteiger partial charge in [0.2, 0.25) is 0 Å². The van der Waals surface area contributed by atoms with E-state index >= 15 is 0 Å². The second-order valence-electron chi connectivity index (χ2n) is 4.94. The number of nitrogens with zero attached hydrogens (tertiary/aromatic N) is 1. The minimum absolute atomic E-state index is 0.194. The molecular formula is C17H11ClFNOS2. The topological polar surface area (TPSA) is 20.3 Å². The summed E-state index contributed by atoms with van der Waals surface area (Å²) < 4.78 is 14.3. The molecule has 2 aromatic carbocycles. The Morgan fingerprint density at radius 3 is 2.65 bits per heavy atom. The van der Waals surface area contributed by atoms with Gasteiger partial charge >= 0.3 is 0 Å². The standard InChI is InChI=1S/C17H11ClFNOS2/c1-10-5-2-3-8-14(10)20-16(21)15(23-17(20)22)9-11-12(18)6-4-7-13(11)19/h2-9H,1H3. The van der Waals surface area contributed by atoms with Gasteiger partial charge in [0.05, 0.1) is 15.6 Å². The van der Waals surface area contributed by atoms with Crippen LogP contribution in [0, 0.1) is 12.7 Å². The number of thiocarbonyl (C=S) groups is 1. The van der Waals surface area contributed by atoms with Gasteiger partial charge < -0.3 is 0 Å². The van der Waals surface area contributed by atoms with Crippen molar-refractivity contribution in [3.8, 4) is 0 Å². The number of benzene rings is 2. The van der Waals surface area contributed by atoms with Crippen LogP contribution in [0.4, 0.5) is 10.1 Å². The summed E-state index contributed by atoms with van der Waals surface area (Å²) in [4.78, 5) is 14.5. The smallest absolute Gasteiger partial charge is 0.268 e. The fourth-order valence-corrected chi connectivity index (χ4v) is 3.75. The van der Waals surface area contributed by atoms with E-state index in [9.17, 15) is 9.18 Å². The molecule has 0 bridgehead atoms. The van der Waals surface area contributed by atoms with Gasteiger partial charge in [-0.3, -0.25) is 9.69 Å². The van der Waals surface area contributed by atoms with E-state index < -0.39 is 5.82 Å². The van der Waals surface area contributed by atoms with Crippen LogP contribution in [0.5, 0.6) is 0 Å². The zero-order valence-corrected chi connectivity index (χ0v) is 14.4. The number of hydrogen-bond acceptors (Lipinski definition) is 3. The van der Waals surface area contributed by atoms with Crippen molar-refractivity contribution < 1.29 is 9.18 Å². The van der Waals surface area contributed by atoms with Gasteiger partial charge in [-0.25, -0.2) is 4.39 Å². The third-order valence-electron chi connectivity index (χ3n) is 3.43. The van der Waals surface area contributed by atoms with Gasteiger partial charge in [0.25, 0.3) is 5.91 Å². The third-order valence-corrected chi connectivity index (χ3v) is 5.06. The number of halogens is 2. The Labute approximate surface area is 147 Å². The Morgan fingerprint density at radius 2 is 1.96 bits per heavy atom. The molecule has 0 aromatic heterocycles. The molecule has 116 valence electrons. The predicted octanol–water partition coefficient (Wildman–Crippen LogP) is 5.19. The van der Waals surface area contributed by atoms with Crippen LogP contribution in [0.15, 0.2) is 47.4 Å². The lowest BCUT2D eigenvalue weighted by molar-refractivity contribution is -0.113. The molecule has 2 aromatic rings. The molecule has 1 aliphatic heterocycles. The number of rotatable bonds is 2. The number of anilines is 1. The molecule has 1 amide bonds. The Bertz CT molecular complexity index is 830. The van der Waals surface area contributed by atoms with E-state index in [0.29, 0.717) is 9.23 Å². The van der Waals surface area contributed by atoms with Crippen molar-refractivity contribution in [1.29, 1.82) is 0 Å². The van der Waals surface area contributed by atoms with E-state index in [1.54, 1.807) is 6.07 Å². The molecule has 1 aliphatic rings. The molecule has 0 radical (unpaired) electrons. The van der Waals surface area contributed by atoms with Gasteiger partial charge in [-0.15, -0.1) is 0 Å². The molecule has 3 rings (SSSR count). The van der Waals surface area contributed by atoms with E-state index in [2.05, 4.69) is 0 Å². The zero-order valence-electron chi connectivity index (χ0n) is 12.0. The van der Waals surface area contributed by atoms with Crippen LogP contribution in [-0.2, 0) is 4.79 Å². The first-order valence-corrected chi connectivity index (χ1v) is 8.37. The highest BCUT2D eigenvalue weighted by Crippen LogP contribution is 2.38. The number of aryl methyl sites for hydroxylation is 1. The first kappa shape index (κ1) is 16.2. The zero-order chi connectivity index (χ0) is 16.6. The van der Waals surface area contributed by atoms with E-state index in [1.165, 1.54) is 23.1 Å². The summed E-state index contributed by atoms with van der Waals surface area (Å²) in [6.07, 6.45) is 1.45. The number of hydrogen-bond donors (Lipinski definition) is 0.